The standard InChI is InChI=1S/C17H24OS/c1-13(2)16(17(18)11-5-4-6-12-17)19-15-9-7-14(3)8-10-15/h7-10,18H,4-6,11-12H2,1-3H3. The first kappa shape index (κ1) is 14.7. The number of hydrogen-bond donors (Lipinski definition) is 1. The molecule has 0 saturated heterocycles. The van der Waals surface area contributed by atoms with Gasteiger partial charge in [0.05, 0.1) is 5.60 Å². The van der Waals surface area contributed by atoms with E-state index < -0.39 is 5.60 Å². The lowest BCUT2D eigenvalue weighted by Gasteiger charge is -2.35. The van der Waals surface area contributed by atoms with Crippen LogP contribution in [0.3, 0.4) is 0 Å². The molecular formula is C17H24OS. The first-order valence-electron chi connectivity index (χ1n) is 7.16. The molecule has 0 aliphatic heterocycles. The van der Waals surface area contributed by atoms with E-state index in [-0.39, 0.29) is 0 Å². The molecule has 2 heteroatoms. The molecule has 1 aromatic rings. The zero-order valence-corrected chi connectivity index (χ0v) is 13.0. The van der Waals surface area contributed by atoms with E-state index in [2.05, 4.69) is 45.0 Å². The van der Waals surface area contributed by atoms with Gasteiger partial charge in [-0.1, -0.05) is 54.3 Å². The molecular weight excluding hydrogens is 252 g/mol. The number of aryl methyl sites for hydroxylation is 1. The molecule has 0 radical (unpaired) electrons. The fourth-order valence-corrected chi connectivity index (χ4v) is 3.86. The van der Waals surface area contributed by atoms with Gasteiger partial charge in [-0.05, 0) is 45.7 Å². The van der Waals surface area contributed by atoms with Crippen LogP contribution >= 0.6 is 11.8 Å². The zero-order valence-electron chi connectivity index (χ0n) is 12.2. The van der Waals surface area contributed by atoms with Gasteiger partial charge in [-0.25, -0.2) is 0 Å². The highest BCUT2D eigenvalue weighted by molar-refractivity contribution is 8.03. The average molecular weight is 276 g/mol. The Morgan fingerprint density at radius 3 is 2.16 bits per heavy atom. The summed E-state index contributed by atoms with van der Waals surface area (Å²) in [5.41, 5.74) is 1.93. The average Bonchev–Trinajstić information content (AvgIpc) is 2.38. The Bertz CT molecular complexity index is 449. The first-order chi connectivity index (χ1) is 9.01. The van der Waals surface area contributed by atoms with Gasteiger partial charge in [0.2, 0.25) is 0 Å². The summed E-state index contributed by atoms with van der Waals surface area (Å²) >= 11 is 1.74. The molecule has 1 aliphatic carbocycles. The summed E-state index contributed by atoms with van der Waals surface area (Å²) in [6.07, 6.45) is 5.36. The lowest BCUT2D eigenvalue weighted by Crippen LogP contribution is -2.33. The Labute approximate surface area is 121 Å². The second-order valence-electron chi connectivity index (χ2n) is 5.84. The summed E-state index contributed by atoms with van der Waals surface area (Å²) in [4.78, 5) is 2.39. The van der Waals surface area contributed by atoms with Gasteiger partial charge >= 0.3 is 0 Å². The van der Waals surface area contributed by atoms with E-state index in [0.29, 0.717) is 0 Å². The maximum Gasteiger partial charge on any atom is 0.0957 e. The predicted octanol–water partition coefficient (Wildman–Crippen LogP) is 5.08. The van der Waals surface area contributed by atoms with Gasteiger partial charge in [-0.3, -0.25) is 0 Å². The first-order valence-corrected chi connectivity index (χ1v) is 7.98. The van der Waals surface area contributed by atoms with Crippen LogP contribution in [0.5, 0.6) is 0 Å². The van der Waals surface area contributed by atoms with Crippen molar-refractivity contribution in [3.8, 4) is 0 Å². The molecule has 1 saturated carbocycles. The zero-order chi connectivity index (χ0) is 13.9. The van der Waals surface area contributed by atoms with Gasteiger partial charge in [0, 0.05) is 9.80 Å². The molecule has 2 rings (SSSR count). The highest BCUT2D eigenvalue weighted by Crippen LogP contribution is 2.44. The van der Waals surface area contributed by atoms with Gasteiger partial charge in [0.1, 0.15) is 0 Å². The van der Waals surface area contributed by atoms with Crippen molar-refractivity contribution < 1.29 is 5.11 Å². The number of benzene rings is 1. The largest absolute Gasteiger partial charge is 0.385 e. The van der Waals surface area contributed by atoms with Crippen LogP contribution in [0.25, 0.3) is 0 Å². The van der Waals surface area contributed by atoms with Gasteiger partial charge in [0.25, 0.3) is 0 Å². The van der Waals surface area contributed by atoms with Crippen LogP contribution in [0.4, 0.5) is 0 Å². The highest BCUT2D eigenvalue weighted by atomic mass is 32.2. The van der Waals surface area contributed by atoms with Crippen LogP contribution in [-0.4, -0.2) is 10.7 Å². The number of aliphatic hydroxyl groups is 1. The smallest absolute Gasteiger partial charge is 0.0957 e. The molecule has 19 heavy (non-hydrogen) atoms. The minimum atomic E-state index is -0.591. The number of hydrogen-bond acceptors (Lipinski definition) is 2. The molecule has 1 aromatic carbocycles. The Kier molecular flexibility index (Phi) is 4.75. The Hall–Kier alpha value is -0.730. The van der Waals surface area contributed by atoms with Crippen LogP contribution < -0.4 is 0 Å². The Morgan fingerprint density at radius 2 is 1.63 bits per heavy atom. The minimum absolute atomic E-state index is 0.591. The molecule has 0 spiro atoms. The third kappa shape index (κ3) is 3.64. The summed E-state index contributed by atoms with van der Waals surface area (Å²) in [7, 11) is 0. The van der Waals surface area contributed by atoms with E-state index in [1.165, 1.54) is 22.5 Å². The van der Waals surface area contributed by atoms with Crippen LogP contribution in [0.1, 0.15) is 51.5 Å². The SMILES string of the molecule is CC(C)=C(Sc1ccc(C)cc1)C1(O)CCCCC1. The number of thioether (sulfide) groups is 1. The Balaban J connectivity index is 2.22. The quantitative estimate of drug-likeness (QED) is 0.777. The molecule has 1 nitrogen and oxygen atoms in total. The van der Waals surface area contributed by atoms with Crippen molar-refractivity contribution in [2.45, 2.75) is 63.4 Å². The number of rotatable bonds is 3. The van der Waals surface area contributed by atoms with Crippen molar-refractivity contribution >= 4 is 11.8 Å². The van der Waals surface area contributed by atoms with E-state index in [9.17, 15) is 5.11 Å². The topological polar surface area (TPSA) is 20.2 Å². The molecule has 0 aromatic heterocycles. The lowest BCUT2D eigenvalue weighted by atomic mass is 9.83. The fourth-order valence-electron chi connectivity index (χ4n) is 2.75. The third-order valence-corrected chi connectivity index (χ3v) is 5.30. The van der Waals surface area contributed by atoms with E-state index in [4.69, 9.17) is 0 Å². The molecule has 0 bridgehead atoms. The second kappa shape index (κ2) is 6.15. The maximum atomic E-state index is 10.9. The monoisotopic (exact) mass is 276 g/mol. The Morgan fingerprint density at radius 1 is 1.05 bits per heavy atom. The van der Waals surface area contributed by atoms with Gasteiger partial charge in [-0.2, -0.15) is 0 Å². The highest BCUT2D eigenvalue weighted by Gasteiger charge is 2.34. The van der Waals surface area contributed by atoms with Gasteiger partial charge in [0.15, 0.2) is 0 Å². The van der Waals surface area contributed by atoms with E-state index in [1.807, 2.05) is 0 Å². The fraction of sp³-hybridized carbons (Fsp3) is 0.529. The molecule has 0 heterocycles. The van der Waals surface area contributed by atoms with Crippen LogP contribution in [0.15, 0.2) is 39.6 Å². The van der Waals surface area contributed by atoms with Crippen LogP contribution in [-0.2, 0) is 0 Å². The number of allylic oxidation sites excluding steroid dienone is 1. The van der Waals surface area contributed by atoms with Crippen molar-refractivity contribution in [1.82, 2.24) is 0 Å². The summed E-state index contributed by atoms with van der Waals surface area (Å²) < 4.78 is 0. The normalized spacial score (nSPS) is 18.1. The summed E-state index contributed by atoms with van der Waals surface area (Å²) in [6, 6.07) is 8.57. The van der Waals surface area contributed by atoms with Crippen molar-refractivity contribution in [1.29, 1.82) is 0 Å². The van der Waals surface area contributed by atoms with Crippen molar-refractivity contribution in [3.63, 3.8) is 0 Å². The predicted molar refractivity (Wildman–Crippen MR) is 83.4 cm³/mol. The molecule has 1 N–H and O–H groups in total. The van der Waals surface area contributed by atoms with E-state index >= 15 is 0 Å². The third-order valence-electron chi connectivity index (χ3n) is 3.80. The van der Waals surface area contributed by atoms with Crippen molar-refractivity contribution in [2.24, 2.45) is 0 Å². The molecule has 104 valence electrons. The minimum Gasteiger partial charge on any atom is -0.385 e. The molecule has 0 amide bonds. The van der Waals surface area contributed by atoms with Gasteiger partial charge < -0.3 is 5.11 Å². The molecule has 0 atom stereocenters. The summed E-state index contributed by atoms with van der Waals surface area (Å²) in [5.74, 6) is 0. The molecule has 1 aliphatic rings. The van der Waals surface area contributed by atoms with E-state index in [1.54, 1.807) is 11.8 Å². The molecule has 1 fully saturated rings. The van der Waals surface area contributed by atoms with Crippen molar-refractivity contribution in [3.05, 3.63) is 40.3 Å². The van der Waals surface area contributed by atoms with Crippen molar-refractivity contribution in [2.75, 3.05) is 0 Å². The summed E-state index contributed by atoms with van der Waals surface area (Å²) in [6.45, 7) is 6.33. The van der Waals surface area contributed by atoms with Gasteiger partial charge in [-0.15, -0.1) is 0 Å². The van der Waals surface area contributed by atoms with Crippen LogP contribution in [0, 0.1) is 6.92 Å². The summed E-state index contributed by atoms with van der Waals surface area (Å²) in [5, 5.41) is 10.9. The molecule has 0 unspecified atom stereocenters. The van der Waals surface area contributed by atoms with Crippen LogP contribution in [0.2, 0.25) is 0 Å². The van der Waals surface area contributed by atoms with E-state index in [0.717, 1.165) is 30.6 Å². The lowest BCUT2D eigenvalue weighted by molar-refractivity contribution is 0.0468. The second-order valence-corrected chi connectivity index (χ2v) is 6.92. The maximum absolute atomic E-state index is 10.9.